The molecule has 118 valence electrons. The second kappa shape index (κ2) is 7.86. The number of ether oxygens (including phenoxy) is 2. The second-order valence-corrected chi connectivity index (χ2v) is 5.11. The summed E-state index contributed by atoms with van der Waals surface area (Å²) in [7, 11) is 1.36. The number of rotatable bonds is 6. The number of unbranched alkanes of at least 4 members (excludes halogenated alkanes) is 1. The van der Waals surface area contributed by atoms with E-state index in [4.69, 9.17) is 9.47 Å². The van der Waals surface area contributed by atoms with Crippen molar-refractivity contribution in [3.05, 3.63) is 22.5 Å². The minimum atomic E-state index is -0.393. The van der Waals surface area contributed by atoms with Crippen LogP contribution >= 0.6 is 0 Å². The van der Waals surface area contributed by atoms with Crippen molar-refractivity contribution in [1.82, 2.24) is 5.32 Å². The van der Waals surface area contributed by atoms with Crippen LogP contribution in [0.1, 0.15) is 47.0 Å². The molecule has 1 N–H and O–H groups in total. The Bertz CT molecular complexity index is 477. The lowest BCUT2D eigenvalue weighted by atomic mass is 9.82. The fourth-order valence-electron chi connectivity index (χ4n) is 2.69. The van der Waals surface area contributed by atoms with Gasteiger partial charge in [-0.3, -0.25) is 0 Å². The minimum absolute atomic E-state index is 0.266. The lowest BCUT2D eigenvalue weighted by molar-refractivity contribution is -0.139. The first-order chi connectivity index (χ1) is 9.97. The number of allylic oxidation sites excluding steroid dienone is 2. The second-order valence-electron chi connectivity index (χ2n) is 5.11. The smallest absolute Gasteiger partial charge is 0.336 e. The van der Waals surface area contributed by atoms with Gasteiger partial charge in [0.2, 0.25) is 0 Å². The number of esters is 2. The molecule has 0 aromatic rings. The summed E-state index contributed by atoms with van der Waals surface area (Å²) in [4.78, 5) is 24.3. The van der Waals surface area contributed by atoms with E-state index in [2.05, 4.69) is 12.2 Å². The summed E-state index contributed by atoms with van der Waals surface area (Å²) in [6, 6.07) is 0. The van der Waals surface area contributed by atoms with Crippen LogP contribution in [0.5, 0.6) is 0 Å². The van der Waals surface area contributed by atoms with Crippen molar-refractivity contribution in [3.63, 3.8) is 0 Å². The highest BCUT2D eigenvalue weighted by molar-refractivity contribution is 5.97. The van der Waals surface area contributed by atoms with Crippen LogP contribution in [0.2, 0.25) is 0 Å². The van der Waals surface area contributed by atoms with Crippen LogP contribution in [0, 0.1) is 5.92 Å². The van der Waals surface area contributed by atoms with Gasteiger partial charge < -0.3 is 14.8 Å². The molecule has 5 nitrogen and oxygen atoms in total. The molecule has 0 saturated carbocycles. The topological polar surface area (TPSA) is 64.6 Å². The molecule has 1 rings (SSSR count). The fraction of sp³-hybridized carbons (Fsp3) is 0.625. The van der Waals surface area contributed by atoms with E-state index in [0.29, 0.717) is 17.8 Å². The van der Waals surface area contributed by atoms with E-state index < -0.39 is 5.97 Å². The van der Waals surface area contributed by atoms with Crippen LogP contribution in [-0.4, -0.2) is 25.7 Å². The molecule has 1 unspecified atom stereocenters. The Kier molecular flexibility index (Phi) is 6.46. The zero-order valence-electron chi connectivity index (χ0n) is 13.5. The summed E-state index contributed by atoms with van der Waals surface area (Å²) < 4.78 is 10.0. The maximum Gasteiger partial charge on any atom is 0.336 e. The molecular formula is C16H25NO4. The standard InChI is InChI=1S/C16H25NO4/c1-6-8-9-12-13(15(18)20-5)10(3)17-11(4)14(12)16(19)21-7-2/h12,17H,6-9H2,1-5H3. The van der Waals surface area contributed by atoms with Gasteiger partial charge in [0.15, 0.2) is 0 Å². The fourth-order valence-corrected chi connectivity index (χ4v) is 2.69. The Morgan fingerprint density at radius 3 is 2.14 bits per heavy atom. The number of carbonyl (C=O) groups excluding carboxylic acids is 2. The zero-order valence-corrected chi connectivity index (χ0v) is 13.5. The molecule has 0 aromatic carbocycles. The summed E-state index contributed by atoms with van der Waals surface area (Å²) in [6.07, 6.45) is 2.65. The first kappa shape index (κ1) is 17.3. The Morgan fingerprint density at radius 2 is 1.67 bits per heavy atom. The Morgan fingerprint density at radius 1 is 1.10 bits per heavy atom. The van der Waals surface area contributed by atoms with Crippen molar-refractivity contribution in [2.24, 2.45) is 5.92 Å². The Hall–Kier alpha value is -1.78. The average molecular weight is 295 g/mol. The molecule has 1 heterocycles. The molecule has 1 atom stereocenters. The molecule has 0 amide bonds. The van der Waals surface area contributed by atoms with Crippen molar-refractivity contribution >= 4 is 11.9 Å². The molecule has 0 saturated heterocycles. The molecule has 21 heavy (non-hydrogen) atoms. The number of nitrogens with one attached hydrogen (secondary N) is 1. The Labute approximate surface area is 126 Å². The van der Waals surface area contributed by atoms with Gasteiger partial charge in [0.25, 0.3) is 0 Å². The molecule has 1 aliphatic rings. The molecule has 0 aromatic heterocycles. The molecule has 0 radical (unpaired) electrons. The minimum Gasteiger partial charge on any atom is -0.466 e. The lowest BCUT2D eigenvalue weighted by Gasteiger charge is -2.29. The molecule has 1 aliphatic heterocycles. The SMILES string of the molecule is CCCCC1C(C(=O)OC)=C(C)NC(C)=C1C(=O)OCC. The number of hydrogen-bond donors (Lipinski definition) is 1. The predicted molar refractivity (Wildman–Crippen MR) is 80.2 cm³/mol. The van der Waals surface area contributed by atoms with Crippen LogP contribution in [0.3, 0.4) is 0 Å². The highest BCUT2D eigenvalue weighted by Crippen LogP contribution is 2.34. The quantitative estimate of drug-likeness (QED) is 0.763. The third-order valence-electron chi connectivity index (χ3n) is 3.63. The maximum absolute atomic E-state index is 12.3. The normalized spacial score (nSPS) is 18.4. The summed E-state index contributed by atoms with van der Waals surface area (Å²) in [5, 5.41) is 3.10. The summed E-state index contributed by atoms with van der Waals surface area (Å²) in [5.74, 6) is -1.02. The van der Waals surface area contributed by atoms with Crippen molar-refractivity contribution in [2.45, 2.75) is 47.0 Å². The van der Waals surface area contributed by atoms with E-state index in [9.17, 15) is 9.59 Å². The zero-order chi connectivity index (χ0) is 16.0. The molecule has 0 bridgehead atoms. The third kappa shape index (κ3) is 3.86. The van der Waals surface area contributed by atoms with E-state index in [1.807, 2.05) is 13.8 Å². The van der Waals surface area contributed by atoms with Gasteiger partial charge in [0.05, 0.1) is 24.9 Å². The van der Waals surface area contributed by atoms with Crippen LogP contribution in [0.4, 0.5) is 0 Å². The van der Waals surface area contributed by atoms with Gasteiger partial charge in [-0.1, -0.05) is 19.8 Å². The molecular weight excluding hydrogens is 270 g/mol. The van der Waals surface area contributed by atoms with E-state index in [0.717, 1.165) is 30.7 Å². The lowest BCUT2D eigenvalue weighted by Crippen LogP contribution is -2.33. The van der Waals surface area contributed by atoms with Crippen LogP contribution in [0.25, 0.3) is 0 Å². The van der Waals surface area contributed by atoms with Gasteiger partial charge in [-0.2, -0.15) is 0 Å². The maximum atomic E-state index is 12.3. The largest absolute Gasteiger partial charge is 0.466 e. The highest BCUT2D eigenvalue weighted by atomic mass is 16.5. The van der Waals surface area contributed by atoms with Gasteiger partial charge in [-0.05, 0) is 27.2 Å². The van der Waals surface area contributed by atoms with Gasteiger partial charge in [-0.15, -0.1) is 0 Å². The number of methoxy groups -OCH3 is 1. The number of carbonyl (C=O) groups is 2. The van der Waals surface area contributed by atoms with Crippen molar-refractivity contribution < 1.29 is 19.1 Å². The first-order valence-corrected chi connectivity index (χ1v) is 7.41. The number of dihydropyridines is 1. The van der Waals surface area contributed by atoms with Crippen LogP contribution < -0.4 is 5.32 Å². The first-order valence-electron chi connectivity index (χ1n) is 7.41. The van der Waals surface area contributed by atoms with Crippen LogP contribution in [-0.2, 0) is 19.1 Å². The van der Waals surface area contributed by atoms with Crippen molar-refractivity contribution in [3.8, 4) is 0 Å². The summed E-state index contributed by atoms with van der Waals surface area (Å²) in [5.41, 5.74) is 2.56. The molecule has 0 aliphatic carbocycles. The van der Waals surface area contributed by atoms with Gasteiger partial charge in [0, 0.05) is 17.3 Å². The third-order valence-corrected chi connectivity index (χ3v) is 3.63. The van der Waals surface area contributed by atoms with Gasteiger partial charge in [0.1, 0.15) is 0 Å². The Balaban J connectivity index is 3.23. The molecule has 5 heteroatoms. The summed E-state index contributed by atoms with van der Waals surface area (Å²) >= 11 is 0. The molecule has 0 fully saturated rings. The van der Waals surface area contributed by atoms with Gasteiger partial charge >= 0.3 is 11.9 Å². The van der Waals surface area contributed by atoms with E-state index in [1.165, 1.54) is 7.11 Å². The number of hydrogen-bond acceptors (Lipinski definition) is 5. The van der Waals surface area contributed by atoms with Crippen molar-refractivity contribution in [2.75, 3.05) is 13.7 Å². The van der Waals surface area contributed by atoms with Crippen LogP contribution in [0.15, 0.2) is 22.5 Å². The highest BCUT2D eigenvalue weighted by Gasteiger charge is 2.35. The van der Waals surface area contributed by atoms with E-state index >= 15 is 0 Å². The van der Waals surface area contributed by atoms with E-state index in [1.54, 1.807) is 6.92 Å². The predicted octanol–water partition coefficient (Wildman–Crippen LogP) is 2.68. The van der Waals surface area contributed by atoms with Gasteiger partial charge in [-0.25, -0.2) is 9.59 Å². The monoisotopic (exact) mass is 295 g/mol. The molecule has 0 spiro atoms. The average Bonchev–Trinajstić information content (AvgIpc) is 2.44. The van der Waals surface area contributed by atoms with E-state index in [-0.39, 0.29) is 11.9 Å². The summed E-state index contributed by atoms with van der Waals surface area (Å²) in [6.45, 7) is 7.83. The van der Waals surface area contributed by atoms with Crippen molar-refractivity contribution in [1.29, 1.82) is 0 Å².